The van der Waals surface area contributed by atoms with Gasteiger partial charge in [-0.1, -0.05) is 17.4 Å². The molecule has 1 aromatic rings. The zero-order valence-corrected chi connectivity index (χ0v) is 7.49. The molecule has 1 rings (SSSR count). The zero-order valence-electron chi connectivity index (χ0n) is 6.67. The Bertz CT molecular complexity index is 343. The molecule has 1 heterocycles. The third-order valence-corrected chi connectivity index (χ3v) is 2.31. The quantitative estimate of drug-likeness (QED) is 0.422. The molecule has 0 radical (unpaired) electrons. The molecule has 4 nitrogen and oxygen atoms in total. The molecule has 0 saturated heterocycles. The van der Waals surface area contributed by atoms with E-state index in [0.717, 1.165) is 22.5 Å². The number of aldehydes is 1. The van der Waals surface area contributed by atoms with Crippen molar-refractivity contribution in [2.24, 2.45) is 0 Å². The van der Waals surface area contributed by atoms with Crippen LogP contribution in [0.5, 0.6) is 0 Å². The molecule has 0 spiro atoms. The summed E-state index contributed by atoms with van der Waals surface area (Å²) in [6.07, 6.45) is 4.48. The van der Waals surface area contributed by atoms with Gasteiger partial charge in [0.05, 0.1) is 4.92 Å². The number of hydrogen-bond acceptors (Lipinski definition) is 4. The Labute approximate surface area is 78.7 Å². The lowest BCUT2D eigenvalue weighted by atomic mass is 10.3. The minimum absolute atomic E-state index is 0.116. The molecule has 0 amide bonds. The summed E-state index contributed by atoms with van der Waals surface area (Å²) in [6, 6.07) is 3.11. The third kappa shape index (κ3) is 2.79. The normalized spacial score (nSPS) is 10.5. The molecule has 0 aliphatic rings. The number of thiophene rings is 1. The van der Waals surface area contributed by atoms with E-state index in [9.17, 15) is 14.9 Å². The van der Waals surface area contributed by atoms with Gasteiger partial charge in [0.1, 0.15) is 6.29 Å². The molecule has 0 unspecified atom stereocenters. The Morgan fingerprint density at radius 1 is 1.54 bits per heavy atom. The van der Waals surface area contributed by atoms with Crippen LogP contribution in [0.2, 0.25) is 0 Å². The fourth-order valence-electron chi connectivity index (χ4n) is 0.770. The van der Waals surface area contributed by atoms with E-state index in [1.54, 1.807) is 18.2 Å². The predicted octanol–water partition coefficient (Wildman–Crippen LogP) is 2.26. The van der Waals surface area contributed by atoms with Gasteiger partial charge in [-0.2, -0.15) is 0 Å². The van der Waals surface area contributed by atoms with Gasteiger partial charge in [-0.15, -0.1) is 0 Å². The Balaban J connectivity index is 2.69. The highest BCUT2D eigenvalue weighted by molar-refractivity contribution is 7.16. The van der Waals surface area contributed by atoms with E-state index in [1.807, 2.05) is 0 Å². The largest absolute Gasteiger partial charge is 0.324 e. The number of nitro groups is 1. The summed E-state index contributed by atoms with van der Waals surface area (Å²) < 4.78 is 0. The Kier molecular flexibility index (Phi) is 3.33. The molecule has 0 aliphatic heterocycles. The summed E-state index contributed by atoms with van der Waals surface area (Å²) in [6.45, 7) is 0. The number of nitrogens with zero attached hydrogens (tertiary/aromatic N) is 1. The average Bonchev–Trinajstić information content (AvgIpc) is 2.53. The van der Waals surface area contributed by atoms with Gasteiger partial charge in [0.25, 0.3) is 0 Å². The minimum atomic E-state index is -0.429. The van der Waals surface area contributed by atoms with Crippen molar-refractivity contribution in [1.29, 1.82) is 0 Å². The van der Waals surface area contributed by atoms with Crippen molar-refractivity contribution in [3.05, 3.63) is 33.2 Å². The molecule has 13 heavy (non-hydrogen) atoms. The number of carbonyl (C=O) groups excluding carboxylic acids is 1. The van der Waals surface area contributed by atoms with Crippen molar-refractivity contribution in [3.8, 4) is 0 Å². The lowest BCUT2D eigenvalue weighted by Gasteiger charge is -1.81. The van der Waals surface area contributed by atoms with Gasteiger partial charge >= 0.3 is 5.00 Å². The van der Waals surface area contributed by atoms with Gasteiger partial charge in [-0.05, 0) is 12.1 Å². The van der Waals surface area contributed by atoms with Crippen molar-refractivity contribution < 1.29 is 9.72 Å². The molecule has 5 heteroatoms. The van der Waals surface area contributed by atoms with Gasteiger partial charge in [-0.25, -0.2) is 0 Å². The maximum absolute atomic E-state index is 10.3. The molecule has 1 aromatic heterocycles. The van der Waals surface area contributed by atoms with Crippen LogP contribution in [0.25, 0.3) is 6.08 Å². The highest BCUT2D eigenvalue weighted by Crippen LogP contribution is 2.24. The van der Waals surface area contributed by atoms with Crippen LogP contribution in [-0.4, -0.2) is 11.2 Å². The fourth-order valence-corrected chi connectivity index (χ4v) is 1.52. The van der Waals surface area contributed by atoms with Crippen LogP contribution >= 0.6 is 11.3 Å². The first-order chi connectivity index (χ1) is 6.24. The van der Waals surface area contributed by atoms with Crippen LogP contribution in [0.4, 0.5) is 5.00 Å². The molecule has 0 bridgehead atoms. The lowest BCUT2D eigenvalue weighted by molar-refractivity contribution is -0.380. The molecule has 0 aliphatic carbocycles. The van der Waals surface area contributed by atoms with E-state index < -0.39 is 4.92 Å². The van der Waals surface area contributed by atoms with Gasteiger partial charge in [0.15, 0.2) is 0 Å². The second-order valence-electron chi connectivity index (χ2n) is 2.24. The van der Waals surface area contributed by atoms with Crippen LogP contribution in [0.3, 0.4) is 0 Å². The van der Waals surface area contributed by atoms with Gasteiger partial charge in [-0.3, -0.25) is 10.1 Å². The van der Waals surface area contributed by atoms with E-state index in [1.165, 1.54) is 6.07 Å². The second kappa shape index (κ2) is 4.51. The highest BCUT2D eigenvalue weighted by Gasteiger charge is 2.06. The summed E-state index contributed by atoms with van der Waals surface area (Å²) in [5, 5.41) is 10.4. The minimum Gasteiger partial charge on any atom is -0.303 e. The van der Waals surface area contributed by atoms with Crippen LogP contribution in [0.15, 0.2) is 18.2 Å². The molecule has 0 saturated carbocycles. The van der Waals surface area contributed by atoms with Crippen molar-refractivity contribution in [2.75, 3.05) is 0 Å². The van der Waals surface area contributed by atoms with E-state index in [2.05, 4.69) is 0 Å². The Morgan fingerprint density at radius 2 is 2.31 bits per heavy atom. The standard InChI is InChI=1S/C8H7NO3S/c10-6-2-1-3-7-4-5-8(13-7)9(11)12/h1,3-6H,2H2. The monoisotopic (exact) mass is 197 g/mol. The van der Waals surface area contributed by atoms with Gasteiger partial charge in [0, 0.05) is 17.4 Å². The maximum Gasteiger partial charge on any atom is 0.324 e. The fraction of sp³-hybridized carbons (Fsp3) is 0.125. The van der Waals surface area contributed by atoms with Crippen molar-refractivity contribution >= 4 is 28.7 Å². The third-order valence-electron chi connectivity index (χ3n) is 1.31. The van der Waals surface area contributed by atoms with E-state index in [4.69, 9.17) is 0 Å². The SMILES string of the molecule is O=CCC=Cc1ccc([N+](=O)[O-])s1. The van der Waals surface area contributed by atoms with Crippen LogP contribution < -0.4 is 0 Å². The molecule has 0 fully saturated rings. The summed E-state index contributed by atoms with van der Waals surface area (Å²) in [4.78, 5) is 20.6. The van der Waals surface area contributed by atoms with Gasteiger partial charge in [0.2, 0.25) is 0 Å². The number of hydrogen-bond donors (Lipinski definition) is 0. The van der Waals surface area contributed by atoms with E-state index >= 15 is 0 Å². The first-order valence-electron chi connectivity index (χ1n) is 3.58. The number of allylic oxidation sites excluding steroid dienone is 1. The second-order valence-corrected chi connectivity index (χ2v) is 3.33. The van der Waals surface area contributed by atoms with Crippen molar-refractivity contribution in [3.63, 3.8) is 0 Å². The Morgan fingerprint density at radius 3 is 2.85 bits per heavy atom. The summed E-state index contributed by atoms with van der Waals surface area (Å²) >= 11 is 1.09. The smallest absolute Gasteiger partial charge is 0.303 e. The summed E-state index contributed by atoms with van der Waals surface area (Å²) in [5.41, 5.74) is 0. The molecule has 0 aromatic carbocycles. The van der Waals surface area contributed by atoms with Crippen molar-refractivity contribution in [2.45, 2.75) is 6.42 Å². The maximum atomic E-state index is 10.3. The average molecular weight is 197 g/mol. The van der Waals surface area contributed by atoms with E-state index in [-0.39, 0.29) is 5.00 Å². The predicted molar refractivity (Wildman–Crippen MR) is 50.7 cm³/mol. The molecular formula is C8H7NO3S. The molecule has 0 N–H and O–H groups in total. The molecule has 0 atom stereocenters. The summed E-state index contributed by atoms with van der Waals surface area (Å²) in [7, 11) is 0. The molecular weight excluding hydrogens is 190 g/mol. The lowest BCUT2D eigenvalue weighted by Crippen LogP contribution is -1.80. The van der Waals surface area contributed by atoms with Crippen molar-refractivity contribution in [1.82, 2.24) is 0 Å². The first-order valence-corrected chi connectivity index (χ1v) is 4.40. The van der Waals surface area contributed by atoms with Crippen LogP contribution in [0.1, 0.15) is 11.3 Å². The van der Waals surface area contributed by atoms with E-state index in [0.29, 0.717) is 6.42 Å². The zero-order chi connectivity index (χ0) is 9.68. The van der Waals surface area contributed by atoms with Gasteiger partial charge < -0.3 is 4.79 Å². The highest BCUT2D eigenvalue weighted by atomic mass is 32.1. The van der Waals surface area contributed by atoms with Crippen LogP contribution in [0, 0.1) is 10.1 Å². The number of carbonyl (C=O) groups is 1. The topological polar surface area (TPSA) is 60.2 Å². The van der Waals surface area contributed by atoms with Crippen LogP contribution in [-0.2, 0) is 4.79 Å². The Hall–Kier alpha value is -1.49. The number of rotatable bonds is 4. The molecule has 68 valence electrons. The first kappa shape index (κ1) is 9.60. The summed E-state index contributed by atoms with van der Waals surface area (Å²) in [5.74, 6) is 0.